The highest BCUT2D eigenvalue weighted by atomic mass is 32.2. The van der Waals surface area contributed by atoms with Gasteiger partial charge in [0, 0.05) is 17.8 Å². The summed E-state index contributed by atoms with van der Waals surface area (Å²) in [7, 11) is 0. The summed E-state index contributed by atoms with van der Waals surface area (Å²) < 4.78 is 0. The number of amidine groups is 1. The highest BCUT2D eigenvalue weighted by molar-refractivity contribution is 8.13. The number of hydrogen-bond acceptors (Lipinski definition) is 3. The van der Waals surface area contributed by atoms with Crippen molar-refractivity contribution < 1.29 is 0 Å². The van der Waals surface area contributed by atoms with Crippen molar-refractivity contribution in [2.45, 2.75) is 52.5 Å². The average Bonchev–Trinajstić information content (AvgIpc) is 2.39. The van der Waals surface area contributed by atoms with Crippen LogP contribution < -0.4 is 5.32 Å². The lowest BCUT2D eigenvalue weighted by molar-refractivity contribution is 0.302. The van der Waals surface area contributed by atoms with Gasteiger partial charge in [-0.1, -0.05) is 32.5 Å². The Kier molecular flexibility index (Phi) is 7.08. The molecule has 0 aromatic carbocycles. The van der Waals surface area contributed by atoms with Gasteiger partial charge in [-0.3, -0.25) is 4.99 Å². The molecule has 0 saturated carbocycles. The van der Waals surface area contributed by atoms with Gasteiger partial charge in [-0.15, -0.1) is 0 Å². The van der Waals surface area contributed by atoms with Crippen LogP contribution in [0.1, 0.15) is 47.0 Å². The van der Waals surface area contributed by atoms with Gasteiger partial charge in [-0.2, -0.15) is 0 Å². The molecule has 1 rings (SSSR count). The van der Waals surface area contributed by atoms with Crippen LogP contribution in [0.2, 0.25) is 0 Å². The first kappa shape index (κ1) is 15.8. The van der Waals surface area contributed by atoms with Gasteiger partial charge in [0.15, 0.2) is 5.17 Å². The van der Waals surface area contributed by atoms with E-state index in [1.54, 1.807) is 0 Å². The molecule has 1 fully saturated rings. The number of aliphatic imine (C=N–C) groups is 1. The molecule has 1 N–H and O–H groups in total. The van der Waals surface area contributed by atoms with E-state index in [1.807, 2.05) is 11.8 Å². The molecule has 3 nitrogen and oxygen atoms in total. The summed E-state index contributed by atoms with van der Waals surface area (Å²) in [5.41, 5.74) is 0.267. The predicted molar refractivity (Wildman–Crippen MR) is 83.6 cm³/mol. The number of nitrogens with zero attached hydrogens (tertiary/aromatic N) is 2. The number of thioether (sulfide) groups is 1. The van der Waals surface area contributed by atoms with Crippen molar-refractivity contribution in [1.82, 2.24) is 10.2 Å². The molecule has 18 heavy (non-hydrogen) atoms. The number of hydrogen-bond donors (Lipinski definition) is 1. The molecule has 0 aromatic heterocycles. The summed E-state index contributed by atoms with van der Waals surface area (Å²) in [5.74, 6) is 1.20. The van der Waals surface area contributed by atoms with Crippen molar-refractivity contribution in [3.63, 3.8) is 0 Å². The summed E-state index contributed by atoms with van der Waals surface area (Å²) in [4.78, 5) is 7.17. The summed E-state index contributed by atoms with van der Waals surface area (Å²) in [6.45, 7) is 13.4. The maximum atomic E-state index is 4.71. The highest BCUT2D eigenvalue weighted by Gasteiger charge is 2.27. The van der Waals surface area contributed by atoms with E-state index in [1.165, 1.54) is 25.1 Å². The molecule has 4 heteroatoms. The van der Waals surface area contributed by atoms with E-state index in [-0.39, 0.29) is 5.54 Å². The van der Waals surface area contributed by atoms with E-state index >= 15 is 0 Å². The van der Waals surface area contributed by atoms with Crippen molar-refractivity contribution in [3.8, 4) is 0 Å². The lowest BCUT2D eigenvalue weighted by Gasteiger charge is -2.35. The summed E-state index contributed by atoms with van der Waals surface area (Å²) in [5, 5.41) is 4.75. The van der Waals surface area contributed by atoms with E-state index in [0.717, 1.165) is 31.2 Å². The molecule has 106 valence electrons. The smallest absolute Gasteiger partial charge is 0.156 e. The van der Waals surface area contributed by atoms with E-state index < -0.39 is 0 Å². The molecule has 0 aromatic rings. The fraction of sp³-hybridized carbons (Fsp3) is 0.929. The second-order valence-corrected chi connectivity index (χ2v) is 6.29. The fourth-order valence-corrected chi connectivity index (χ4v) is 3.34. The van der Waals surface area contributed by atoms with Crippen molar-refractivity contribution in [3.05, 3.63) is 0 Å². The normalized spacial score (nSPS) is 26.6. The van der Waals surface area contributed by atoms with Crippen LogP contribution in [-0.2, 0) is 0 Å². The van der Waals surface area contributed by atoms with Gasteiger partial charge in [0.25, 0.3) is 0 Å². The van der Waals surface area contributed by atoms with Gasteiger partial charge in [0.05, 0.1) is 0 Å². The van der Waals surface area contributed by atoms with Crippen LogP contribution in [0, 0.1) is 0 Å². The van der Waals surface area contributed by atoms with Crippen molar-refractivity contribution in [2.75, 3.05) is 31.9 Å². The first-order chi connectivity index (χ1) is 8.63. The van der Waals surface area contributed by atoms with Crippen molar-refractivity contribution >= 4 is 16.9 Å². The first-order valence-corrected chi connectivity index (χ1v) is 8.30. The van der Waals surface area contributed by atoms with Crippen LogP contribution in [0.5, 0.6) is 0 Å². The van der Waals surface area contributed by atoms with Crippen LogP contribution in [0.3, 0.4) is 0 Å². The molecular formula is C14H29N3S. The predicted octanol–water partition coefficient (Wildman–Crippen LogP) is 2.97. The topological polar surface area (TPSA) is 27.6 Å². The lowest BCUT2D eigenvalue weighted by Crippen LogP contribution is -2.48. The quantitative estimate of drug-likeness (QED) is 0.721. The van der Waals surface area contributed by atoms with Crippen LogP contribution in [0.4, 0.5) is 0 Å². The van der Waals surface area contributed by atoms with Crippen LogP contribution in [0.25, 0.3) is 0 Å². The SMILES string of the molecule is CCN(CC)CCCN=C1NC(C)(CC)CCS1. The summed E-state index contributed by atoms with van der Waals surface area (Å²) in [6, 6.07) is 0. The second kappa shape index (κ2) is 8.05. The summed E-state index contributed by atoms with van der Waals surface area (Å²) >= 11 is 1.88. The van der Waals surface area contributed by atoms with Gasteiger partial charge in [-0.05, 0) is 45.8 Å². The lowest BCUT2D eigenvalue weighted by atomic mass is 9.96. The first-order valence-electron chi connectivity index (χ1n) is 7.31. The molecule has 1 aliphatic heterocycles. The van der Waals surface area contributed by atoms with E-state index in [9.17, 15) is 0 Å². The third-order valence-corrected chi connectivity index (χ3v) is 4.78. The standard InChI is InChI=1S/C14H29N3S/c1-5-14(4)9-12-18-13(16-14)15-10-8-11-17(6-2)7-3/h5-12H2,1-4H3,(H,15,16). The van der Waals surface area contributed by atoms with Crippen LogP contribution in [0.15, 0.2) is 4.99 Å². The molecule has 1 aliphatic rings. The third kappa shape index (κ3) is 5.19. The molecule has 0 bridgehead atoms. The molecule has 1 heterocycles. The Morgan fingerprint density at radius 3 is 2.67 bits per heavy atom. The zero-order valence-electron chi connectivity index (χ0n) is 12.5. The average molecular weight is 271 g/mol. The molecule has 0 aliphatic carbocycles. The van der Waals surface area contributed by atoms with Gasteiger partial charge >= 0.3 is 0 Å². The monoisotopic (exact) mass is 271 g/mol. The van der Waals surface area contributed by atoms with Gasteiger partial charge < -0.3 is 10.2 Å². The van der Waals surface area contributed by atoms with E-state index in [0.29, 0.717) is 0 Å². The van der Waals surface area contributed by atoms with Gasteiger partial charge in [0.2, 0.25) is 0 Å². The molecule has 0 spiro atoms. The zero-order valence-corrected chi connectivity index (χ0v) is 13.3. The summed E-state index contributed by atoms with van der Waals surface area (Å²) in [6.07, 6.45) is 3.58. The maximum Gasteiger partial charge on any atom is 0.156 e. The fourth-order valence-electron chi connectivity index (χ4n) is 2.09. The maximum absolute atomic E-state index is 4.71. The largest absolute Gasteiger partial charge is 0.360 e. The molecule has 0 amide bonds. The molecule has 0 radical (unpaired) electrons. The van der Waals surface area contributed by atoms with Crippen molar-refractivity contribution in [1.29, 1.82) is 0 Å². The Bertz CT molecular complexity index is 264. The second-order valence-electron chi connectivity index (χ2n) is 5.20. The minimum absolute atomic E-state index is 0.267. The zero-order chi connectivity index (χ0) is 13.4. The number of rotatable bonds is 7. The Morgan fingerprint density at radius 2 is 2.06 bits per heavy atom. The van der Waals surface area contributed by atoms with Crippen LogP contribution >= 0.6 is 11.8 Å². The third-order valence-electron chi connectivity index (χ3n) is 3.86. The minimum atomic E-state index is 0.267. The molecule has 1 atom stereocenters. The molecule has 1 unspecified atom stereocenters. The van der Waals surface area contributed by atoms with Crippen LogP contribution in [-0.4, -0.2) is 47.5 Å². The molecular weight excluding hydrogens is 242 g/mol. The van der Waals surface area contributed by atoms with E-state index in [4.69, 9.17) is 4.99 Å². The minimum Gasteiger partial charge on any atom is -0.360 e. The van der Waals surface area contributed by atoms with Crippen molar-refractivity contribution in [2.24, 2.45) is 4.99 Å². The Morgan fingerprint density at radius 1 is 1.33 bits per heavy atom. The van der Waals surface area contributed by atoms with E-state index in [2.05, 4.69) is 37.9 Å². The van der Waals surface area contributed by atoms with Gasteiger partial charge in [0.1, 0.15) is 0 Å². The Labute approximate surface area is 117 Å². The van der Waals surface area contributed by atoms with Gasteiger partial charge in [-0.25, -0.2) is 0 Å². The Hall–Kier alpha value is -0.220. The molecule has 1 saturated heterocycles. The Balaban J connectivity index is 2.29. The highest BCUT2D eigenvalue weighted by Crippen LogP contribution is 2.24. The number of nitrogens with one attached hydrogen (secondary N) is 1.